The van der Waals surface area contributed by atoms with Crippen molar-refractivity contribution in [3.8, 4) is 0 Å². The lowest BCUT2D eigenvalue weighted by Gasteiger charge is -2.18. The van der Waals surface area contributed by atoms with Crippen molar-refractivity contribution in [1.82, 2.24) is 0 Å². The van der Waals surface area contributed by atoms with Crippen LogP contribution in [0.1, 0.15) is 19.4 Å². The molecule has 2 heteroatoms. The summed E-state index contributed by atoms with van der Waals surface area (Å²) in [4.78, 5) is 0. The number of aliphatic hydroxyl groups excluding tert-OH is 2. The third kappa shape index (κ3) is 3.86. The predicted molar refractivity (Wildman–Crippen MR) is 62.3 cm³/mol. The molecule has 0 saturated carbocycles. The van der Waals surface area contributed by atoms with Gasteiger partial charge in [0.25, 0.3) is 0 Å². The fourth-order valence-corrected chi connectivity index (χ4v) is 1.23. The first kappa shape index (κ1) is 12.0. The molecule has 1 aromatic rings. The van der Waals surface area contributed by atoms with Crippen LogP contribution in [0.2, 0.25) is 0 Å². The normalized spacial score (nSPS) is 17.6. The Balaban J connectivity index is 2.58. The van der Waals surface area contributed by atoms with Gasteiger partial charge in [0.05, 0.1) is 12.2 Å². The van der Waals surface area contributed by atoms with Gasteiger partial charge in [-0.05, 0) is 12.5 Å². The predicted octanol–water partition coefficient (Wildman–Crippen LogP) is 2.08. The quantitative estimate of drug-likeness (QED) is 0.791. The summed E-state index contributed by atoms with van der Waals surface area (Å²) in [5, 5.41) is 19.0. The van der Waals surface area contributed by atoms with Gasteiger partial charge in [0.15, 0.2) is 0 Å². The highest BCUT2D eigenvalue weighted by atomic mass is 16.3. The maximum absolute atomic E-state index is 9.70. The highest BCUT2D eigenvalue weighted by Crippen LogP contribution is 2.11. The molecule has 1 aromatic carbocycles. The minimum atomic E-state index is -0.606. The summed E-state index contributed by atoms with van der Waals surface area (Å²) in [6.45, 7) is 3.51. The summed E-state index contributed by atoms with van der Waals surface area (Å²) in [7, 11) is 0. The first-order valence-electron chi connectivity index (χ1n) is 5.20. The Labute approximate surface area is 90.9 Å². The van der Waals surface area contributed by atoms with Crippen LogP contribution in [0.4, 0.5) is 0 Å². The lowest BCUT2D eigenvalue weighted by atomic mass is 9.98. The Morgan fingerprint density at radius 3 is 2.20 bits per heavy atom. The molecule has 0 fully saturated rings. The Bertz CT molecular complexity index is 304. The number of hydrogen-bond acceptors (Lipinski definition) is 2. The lowest BCUT2D eigenvalue weighted by molar-refractivity contribution is 0.0569. The van der Waals surface area contributed by atoms with Gasteiger partial charge in [-0.1, -0.05) is 49.4 Å². The second kappa shape index (κ2) is 5.69. The van der Waals surface area contributed by atoms with Gasteiger partial charge >= 0.3 is 0 Å². The summed E-state index contributed by atoms with van der Waals surface area (Å²) in [5.41, 5.74) is 1.05. The zero-order valence-electron chi connectivity index (χ0n) is 9.17. The van der Waals surface area contributed by atoms with Crippen molar-refractivity contribution in [2.75, 3.05) is 0 Å². The Kier molecular flexibility index (Phi) is 4.53. The van der Waals surface area contributed by atoms with Crippen molar-refractivity contribution in [2.45, 2.75) is 26.1 Å². The summed E-state index contributed by atoms with van der Waals surface area (Å²) in [6, 6.07) is 9.78. The Morgan fingerprint density at radius 1 is 1.07 bits per heavy atom. The van der Waals surface area contributed by atoms with Crippen molar-refractivity contribution in [3.05, 3.63) is 42.0 Å². The summed E-state index contributed by atoms with van der Waals surface area (Å²) < 4.78 is 0. The fourth-order valence-electron chi connectivity index (χ4n) is 1.23. The third-order valence-electron chi connectivity index (χ3n) is 2.59. The van der Waals surface area contributed by atoms with Gasteiger partial charge in [-0.15, -0.1) is 0 Å². The van der Waals surface area contributed by atoms with Crippen LogP contribution in [0.15, 0.2) is 36.4 Å². The van der Waals surface area contributed by atoms with Crippen molar-refractivity contribution >= 4 is 6.08 Å². The largest absolute Gasteiger partial charge is 0.393 e. The second-order valence-electron chi connectivity index (χ2n) is 3.86. The van der Waals surface area contributed by atoms with Gasteiger partial charge < -0.3 is 10.2 Å². The molecule has 0 spiro atoms. The smallest absolute Gasteiger partial charge is 0.0774 e. The zero-order chi connectivity index (χ0) is 11.3. The maximum Gasteiger partial charge on any atom is 0.0774 e. The molecule has 0 unspecified atom stereocenters. The molecule has 2 N–H and O–H groups in total. The van der Waals surface area contributed by atoms with E-state index in [2.05, 4.69) is 0 Å². The standard InChI is InChI=1S/C13H18O2/c1-10(11(2)14)13(15)9-8-12-6-4-3-5-7-12/h3-11,13-15H,1-2H3/b9-8+/t10-,11-,13+/m1/s1. The van der Waals surface area contributed by atoms with Crippen LogP contribution in [-0.4, -0.2) is 22.4 Å². The molecule has 0 aromatic heterocycles. The van der Waals surface area contributed by atoms with E-state index in [-0.39, 0.29) is 5.92 Å². The number of rotatable bonds is 4. The molecule has 0 aliphatic carbocycles. The first-order valence-corrected chi connectivity index (χ1v) is 5.20. The molecule has 3 atom stereocenters. The van der Waals surface area contributed by atoms with Crippen LogP contribution in [0.25, 0.3) is 6.08 Å². The van der Waals surface area contributed by atoms with Crippen molar-refractivity contribution < 1.29 is 10.2 Å². The molecule has 0 aliphatic heterocycles. The number of benzene rings is 1. The average Bonchev–Trinajstić information content (AvgIpc) is 2.26. The summed E-state index contributed by atoms with van der Waals surface area (Å²) in [5.74, 6) is -0.148. The zero-order valence-corrected chi connectivity index (χ0v) is 9.17. The van der Waals surface area contributed by atoms with Gasteiger partial charge in [0.2, 0.25) is 0 Å². The molecule has 2 nitrogen and oxygen atoms in total. The van der Waals surface area contributed by atoms with E-state index in [9.17, 15) is 10.2 Å². The monoisotopic (exact) mass is 206 g/mol. The molecule has 0 radical (unpaired) electrons. The highest BCUT2D eigenvalue weighted by molar-refractivity contribution is 5.49. The van der Waals surface area contributed by atoms with E-state index >= 15 is 0 Å². The molecule has 0 aliphatic rings. The average molecular weight is 206 g/mol. The second-order valence-corrected chi connectivity index (χ2v) is 3.86. The van der Waals surface area contributed by atoms with Gasteiger partial charge in [-0.3, -0.25) is 0 Å². The van der Waals surface area contributed by atoms with Gasteiger partial charge in [0, 0.05) is 5.92 Å². The van der Waals surface area contributed by atoms with E-state index in [4.69, 9.17) is 0 Å². The minimum absolute atomic E-state index is 0.148. The topological polar surface area (TPSA) is 40.5 Å². The molecule has 15 heavy (non-hydrogen) atoms. The molecule has 0 heterocycles. The maximum atomic E-state index is 9.70. The lowest BCUT2D eigenvalue weighted by Crippen LogP contribution is -2.25. The van der Waals surface area contributed by atoms with Crippen LogP contribution in [0.3, 0.4) is 0 Å². The molecule has 0 saturated heterocycles. The number of aliphatic hydroxyl groups is 2. The van der Waals surface area contributed by atoms with E-state index in [1.54, 1.807) is 13.0 Å². The van der Waals surface area contributed by atoms with Crippen LogP contribution in [-0.2, 0) is 0 Å². The number of hydrogen-bond donors (Lipinski definition) is 2. The Morgan fingerprint density at radius 2 is 1.67 bits per heavy atom. The van der Waals surface area contributed by atoms with E-state index < -0.39 is 12.2 Å². The minimum Gasteiger partial charge on any atom is -0.393 e. The molecular formula is C13H18O2. The van der Waals surface area contributed by atoms with E-state index in [1.165, 1.54) is 0 Å². The summed E-state index contributed by atoms with van der Waals surface area (Å²) in [6.07, 6.45) is 2.47. The van der Waals surface area contributed by atoms with Gasteiger partial charge in [-0.2, -0.15) is 0 Å². The highest BCUT2D eigenvalue weighted by Gasteiger charge is 2.15. The van der Waals surface area contributed by atoms with Crippen molar-refractivity contribution in [1.29, 1.82) is 0 Å². The molecule has 0 amide bonds. The van der Waals surface area contributed by atoms with E-state index in [0.29, 0.717) is 0 Å². The molecule has 82 valence electrons. The van der Waals surface area contributed by atoms with Gasteiger partial charge in [-0.25, -0.2) is 0 Å². The van der Waals surface area contributed by atoms with Crippen molar-refractivity contribution in [2.24, 2.45) is 5.92 Å². The van der Waals surface area contributed by atoms with Crippen LogP contribution in [0, 0.1) is 5.92 Å². The van der Waals surface area contributed by atoms with Crippen LogP contribution in [0.5, 0.6) is 0 Å². The van der Waals surface area contributed by atoms with Crippen LogP contribution >= 0.6 is 0 Å². The summed E-state index contributed by atoms with van der Waals surface area (Å²) >= 11 is 0. The van der Waals surface area contributed by atoms with Gasteiger partial charge in [0.1, 0.15) is 0 Å². The van der Waals surface area contributed by atoms with E-state index in [0.717, 1.165) is 5.56 Å². The molecule has 1 rings (SSSR count). The van der Waals surface area contributed by atoms with E-state index in [1.807, 2.05) is 43.3 Å². The SMILES string of the molecule is C[C@H]([C@@H](C)O)[C@@H](O)/C=C/c1ccccc1. The van der Waals surface area contributed by atoms with Crippen LogP contribution < -0.4 is 0 Å². The first-order chi connectivity index (χ1) is 7.11. The fraction of sp³-hybridized carbons (Fsp3) is 0.385. The Hall–Kier alpha value is -1.12. The molecular weight excluding hydrogens is 188 g/mol. The third-order valence-corrected chi connectivity index (χ3v) is 2.59. The molecule has 0 bridgehead atoms. The van der Waals surface area contributed by atoms with Crippen molar-refractivity contribution in [3.63, 3.8) is 0 Å².